The minimum atomic E-state index is -3.12. The largest absolute Gasteiger partial charge is 0.463 e. The zero-order chi connectivity index (χ0) is 25.3. The summed E-state index contributed by atoms with van der Waals surface area (Å²) in [5, 5.41) is 5.36. The molecular formula is C27H30N4O4S. The number of hydrogen-bond acceptors (Lipinski definition) is 6. The predicted octanol–water partition coefficient (Wildman–Crippen LogP) is 4.80. The van der Waals surface area contributed by atoms with E-state index in [-0.39, 0.29) is 23.5 Å². The molecule has 0 spiro atoms. The van der Waals surface area contributed by atoms with Crippen molar-refractivity contribution in [2.24, 2.45) is 0 Å². The van der Waals surface area contributed by atoms with Crippen molar-refractivity contribution in [3.8, 4) is 11.5 Å². The molecule has 1 fully saturated rings. The fourth-order valence-corrected chi connectivity index (χ4v) is 6.52. The molecule has 3 aromatic heterocycles. The maximum Gasteiger partial charge on any atom is 0.255 e. The van der Waals surface area contributed by atoms with Gasteiger partial charge in [0.1, 0.15) is 5.69 Å². The molecule has 4 aromatic rings. The Morgan fingerprint density at radius 2 is 2.00 bits per heavy atom. The van der Waals surface area contributed by atoms with Crippen LogP contribution in [0.4, 0.5) is 0 Å². The van der Waals surface area contributed by atoms with Crippen LogP contribution in [0.5, 0.6) is 0 Å². The second-order valence-corrected chi connectivity index (χ2v) is 11.6. The highest BCUT2D eigenvalue weighted by Gasteiger charge is 2.33. The van der Waals surface area contributed by atoms with Crippen molar-refractivity contribution in [3.05, 3.63) is 71.6 Å². The molecule has 0 bridgehead atoms. The standard InChI is InChI=1S/C27H30N4O4S/c1-3-4-13-30(17-20-9-6-5-7-10-20)27(32)22-16-23(24-11-8-14-35-24)28-26-25(22)19(2)29-31(26)21-12-15-36(33,34)18-21/h5-11,14,16,21H,3-4,12-13,15,17-18H2,1-2H3. The highest BCUT2D eigenvalue weighted by atomic mass is 32.2. The molecule has 1 amide bonds. The molecule has 0 aliphatic carbocycles. The fraction of sp³-hybridized carbons (Fsp3) is 0.370. The molecule has 0 saturated carbocycles. The van der Waals surface area contributed by atoms with Gasteiger partial charge in [0.2, 0.25) is 0 Å². The van der Waals surface area contributed by atoms with Crippen LogP contribution in [0.2, 0.25) is 0 Å². The summed E-state index contributed by atoms with van der Waals surface area (Å²) < 4.78 is 31.7. The van der Waals surface area contributed by atoms with Crippen LogP contribution in [0.3, 0.4) is 0 Å². The molecular weight excluding hydrogens is 476 g/mol. The normalized spacial score (nSPS) is 17.0. The van der Waals surface area contributed by atoms with Crippen molar-refractivity contribution in [1.82, 2.24) is 19.7 Å². The molecule has 9 heteroatoms. The lowest BCUT2D eigenvalue weighted by Crippen LogP contribution is -2.32. The van der Waals surface area contributed by atoms with E-state index < -0.39 is 9.84 Å². The van der Waals surface area contributed by atoms with Gasteiger partial charge in [-0.25, -0.2) is 18.1 Å². The second-order valence-electron chi connectivity index (χ2n) is 9.38. The van der Waals surface area contributed by atoms with E-state index in [1.165, 1.54) is 0 Å². The molecule has 1 aliphatic heterocycles. The molecule has 1 atom stereocenters. The van der Waals surface area contributed by atoms with Gasteiger partial charge < -0.3 is 9.32 Å². The van der Waals surface area contributed by atoms with Gasteiger partial charge in [-0.3, -0.25) is 4.79 Å². The van der Waals surface area contributed by atoms with Crippen LogP contribution in [0.25, 0.3) is 22.5 Å². The van der Waals surface area contributed by atoms with Gasteiger partial charge in [-0.05, 0) is 43.5 Å². The van der Waals surface area contributed by atoms with Crippen LogP contribution in [-0.2, 0) is 16.4 Å². The minimum Gasteiger partial charge on any atom is -0.463 e. The van der Waals surface area contributed by atoms with Crippen LogP contribution in [-0.4, -0.2) is 52.0 Å². The number of fused-ring (bicyclic) bond motifs is 1. The maximum absolute atomic E-state index is 14.1. The molecule has 1 saturated heterocycles. The van der Waals surface area contributed by atoms with Crippen molar-refractivity contribution in [3.63, 3.8) is 0 Å². The Morgan fingerprint density at radius 3 is 2.67 bits per heavy atom. The zero-order valence-corrected chi connectivity index (χ0v) is 21.4. The fourth-order valence-electron chi connectivity index (χ4n) is 4.83. The first-order valence-electron chi connectivity index (χ1n) is 12.3. The van der Waals surface area contributed by atoms with Crippen LogP contribution >= 0.6 is 0 Å². The summed E-state index contributed by atoms with van der Waals surface area (Å²) in [7, 11) is -3.12. The highest BCUT2D eigenvalue weighted by Crippen LogP contribution is 2.33. The van der Waals surface area contributed by atoms with Gasteiger partial charge >= 0.3 is 0 Å². The lowest BCUT2D eigenvalue weighted by Gasteiger charge is -2.23. The molecule has 0 radical (unpaired) electrons. The topological polar surface area (TPSA) is 98.3 Å². The highest BCUT2D eigenvalue weighted by molar-refractivity contribution is 7.91. The Kier molecular flexibility index (Phi) is 6.66. The number of unbranched alkanes of at least 4 members (excludes halogenated alkanes) is 1. The molecule has 5 rings (SSSR count). The average molecular weight is 507 g/mol. The molecule has 36 heavy (non-hydrogen) atoms. The van der Waals surface area contributed by atoms with Crippen molar-refractivity contribution in [2.45, 2.75) is 45.7 Å². The third-order valence-corrected chi connectivity index (χ3v) is 8.43. The van der Waals surface area contributed by atoms with E-state index in [1.54, 1.807) is 29.1 Å². The molecule has 4 heterocycles. The number of carbonyl (C=O) groups excluding carboxylic acids is 1. The summed E-state index contributed by atoms with van der Waals surface area (Å²) in [6, 6.07) is 15.0. The Balaban J connectivity index is 1.64. The lowest BCUT2D eigenvalue weighted by atomic mass is 10.1. The van der Waals surface area contributed by atoms with E-state index in [0.29, 0.717) is 53.3 Å². The Hall–Kier alpha value is -3.46. The summed E-state index contributed by atoms with van der Waals surface area (Å²) >= 11 is 0. The van der Waals surface area contributed by atoms with Crippen LogP contribution in [0.1, 0.15) is 53.8 Å². The smallest absolute Gasteiger partial charge is 0.255 e. The quantitative estimate of drug-likeness (QED) is 0.340. The number of sulfone groups is 1. The number of hydrogen-bond donors (Lipinski definition) is 0. The zero-order valence-electron chi connectivity index (χ0n) is 20.6. The van der Waals surface area contributed by atoms with Gasteiger partial charge in [0.15, 0.2) is 21.2 Å². The SMILES string of the molecule is CCCCN(Cc1ccccc1)C(=O)c1cc(-c2ccco2)nc2c1c(C)nn2C1CCS(=O)(=O)C1. The van der Waals surface area contributed by atoms with Gasteiger partial charge in [-0.15, -0.1) is 0 Å². The number of nitrogens with zero attached hydrogens (tertiary/aromatic N) is 4. The lowest BCUT2D eigenvalue weighted by molar-refractivity contribution is 0.0742. The number of pyridine rings is 1. The summed E-state index contributed by atoms with van der Waals surface area (Å²) in [6.45, 7) is 5.07. The third kappa shape index (κ3) is 4.80. The number of aryl methyl sites for hydroxylation is 1. The van der Waals surface area contributed by atoms with Gasteiger partial charge in [-0.2, -0.15) is 5.10 Å². The molecule has 0 N–H and O–H groups in total. The first-order valence-corrected chi connectivity index (χ1v) is 14.2. The van der Waals surface area contributed by atoms with Gasteiger partial charge in [0.05, 0.1) is 40.5 Å². The van der Waals surface area contributed by atoms with Crippen molar-refractivity contribution in [1.29, 1.82) is 0 Å². The first kappa shape index (κ1) is 24.2. The van der Waals surface area contributed by atoms with Gasteiger partial charge in [0.25, 0.3) is 5.91 Å². The summed E-state index contributed by atoms with van der Waals surface area (Å²) in [6.07, 6.45) is 3.90. The molecule has 1 aliphatic rings. The number of carbonyl (C=O) groups is 1. The number of aromatic nitrogens is 3. The Bertz CT molecular complexity index is 1480. The van der Waals surface area contributed by atoms with Crippen LogP contribution in [0.15, 0.2) is 59.2 Å². The summed E-state index contributed by atoms with van der Waals surface area (Å²) in [4.78, 5) is 20.8. The van der Waals surface area contributed by atoms with Crippen LogP contribution < -0.4 is 0 Å². The van der Waals surface area contributed by atoms with E-state index in [9.17, 15) is 13.2 Å². The summed E-state index contributed by atoms with van der Waals surface area (Å²) in [5.74, 6) is 0.590. The number of rotatable bonds is 8. The second kappa shape index (κ2) is 9.89. The molecule has 8 nitrogen and oxygen atoms in total. The Morgan fingerprint density at radius 1 is 1.19 bits per heavy atom. The van der Waals surface area contributed by atoms with Gasteiger partial charge in [-0.1, -0.05) is 43.7 Å². The van der Waals surface area contributed by atoms with Crippen molar-refractivity contribution in [2.75, 3.05) is 18.1 Å². The maximum atomic E-state index is 14.1. The Labute approximate surface area is 210 Å². The van der Waals surface area contributed by atoms with E-state index in [2.05, 4.69) is 6.92 Å². The number of benzene rings is 1. The van der Waals surface area contributed by atoms with Gasteiger partial charge in [0, 0.05) is 13.1 Å². The number of furan rings is 1. The first-order chi connectivity index (χ1) is 17.4. The average Bonchev–Trinajstić information content (AvgIpc) is 3.61. The third-order valence-electron chi connectivity index (χ3n) is 6.68. The van der Waals surface area contributed by atoms with E-state index in [1.807, 2.05) is 42.2 Å². The molecule has 1 unspecified atom stereocenters. The summed E-state index contributed by atoms with van der Waals surface area (Å²) in [5.41, 5.74) is 3.26. The molecule has 188 valence electrons. The van der Waals surface area contributed by atoms with Crippen molar-refractivity contribution < 1.29 is 17.6 Å². The number of amides is 1. The van der Waals surface area contributed by atoms with Crippen LogP contribution in [0, 0.1) is 6.92 Å². The van der Waals surface area contributed by atoms with Crippen molar-refractivity contribution >= 4 is 26.8 Å². The molecule has 1 aromatic carbocycles. The van der Waals surface area contributed by atoms with E-state index >= 15 is 0 Å². The minimum absolute atomic E-state index is 0.0236. The van der Waals surface area contributed by atoms with E-state index in [0.717, 1.165) is 18.4 Å². The van der Waals surface area contributed by atoms with E-state index in [4.69, 9.17) is 14.5 Å². The predicted molar refractivity (Wildman–Crippen MR) is 138 cm³/mol. The monoisotopic (exact) mass is 506 g/mol.